The summed E-state index contributed by atoms with van der Waals surface area (Å²) in [6.45, 7) is 2.67. The number of carbonyl (C=O) groups is 2. The van der Waals surface area contributed by atoms with Crippen molar-refractivity contribution in [2.75, 3.05) is 7.05 Å². The Labute approximate surface area is 128 Å². The van der Waals surface area contributed by atoms with E-state index in [-0.39, 0.29) is 11.8 Å². The summed E-state index contributed by atoms with van der Waals surface area (Å²) >= 11 is 3.47. The Kier molecular flexibility index (Phi) is 4.97. The van der Waals surface area contributed by atoms with Crippen LogP contribution in [0.25, 0.3) is 0 Å². The number of nitrogens with zero attached hydrogens (tertiary/aromatic N) is 1. The lowest BCUT2D eigenvalue weighted by Gasteiger charge is -2.26. The van der Waals surface area contributed by atoms with Gasteiger partial charge in [0, 0.05) is 36.8 Å². The Morgan fingerprint density at radius 2 is 2.00 bits per heavy atom. The summed E-state index contributed by atoms with van der Waals surface area (Å²) < 4.78 is 1.03. The van der Waals surface area contributed by atoms with Crippen LogP contribution in [-0.2, 0) is 16.1 Å². The largest absolute Gasteiger partial charge is 0.341 e. The molecule has 1 saturated carbocycles. The highest BCUT2D eigenvalue weighted by Gasteiger charge is 2.27. The Morgan fingerprint density at radius 1 is 1.35 bits per heavy atom. The van der Waals surface area contributed by atoms with Gasteiger partial charge in [-0.25, -0.2) is 0 Å². The average molecular weight is 338 g/mol. The summed E-state index contributed by atoms with van der Waals surface area (Å²) in [4.78, 5) is 25.4. The molecule has 1 aromatic carbocycles. The Hall–Kier alpha value is -1.16. The van der Waals surface area contributed by atoms with Crippen LogP contribution in [-0.4, -0.2) is 23.6 Å². The summed E-state index contributed by atoms with van der Waals surface area (Å²) in [5.41, 5.74) is 2.34. The fourth-order valence-corrected chi connectivity index (χ4v) is 3.05. The molecule has 1 aromatic rings. The van der Waals surface area contributed by atoms with E-state index < -0.39 is 0 Å². The van der Waals surface area contributed by atoms with Crippen molar-refractivity contribution in [3.63, 3.8) is 0 Å². The van der Waals surface area contributed by atoms with E-state index in [2.05, 4.69) is 35.0 Å². The van der Waals surface area contributed by atoms with E-state index in [9.17, 15) is 9.59 Å². The summed E-state index contributed by atoms with van der Waals surface area (Å²) in [5, 5.41) is 0. The third kappa shape index (κ3) is 3.69. The third-order valence-electron chi connectivity index (χ3n) is 3.99. The molecule has 20 heavy (non-hydrogen) atoms. The molecule has 0 bridgehead atoms. The normalized spacial score (nSPS) is 16.2. The minimum absolute atomic E-state index is 0.0187. The van der Waals surface area contributed by atoms with E-state index >= 15 is 0 Å². The molecular formula is C16H20BrNO2. The van der Waals surface area contributed by atoms with Crippen molar-refractivity contribution in [3.05, 3.63) is 33.8 Å². The van der Waals surface area contributed by atoms with Crippen molar-refractivity contribution in [2.45, 2.75) is 39.2 Å². The highest BCUT2D eigenvalue weighted by atomic mass is 79.9. The van der Waals surface area contributed by atoms with Crippen molar-refractivity contribution in [2.24, 2.45) is 5.92 Å². The fourth-order valence-electron chi connectivity index (χ4n) is 2.64. The summed E-state index contributed by atoms with van der Waals surface area (Å²) in [5.74, 6) is 0.474. The van der Waals surface area contributed by atoms with Gasteiger partial charge in [-0.15, -0.1) is 0 Å². The van der Waals surface area contributed by atoms with Gasteiger partial charge in [-0.3, -0.25) is 9.59 Å². The van der Waals surface area contributed by atoms with Gasteiger partial charge in [-0.2, -0.15) is 0 Å². The third-order valence-corrected chi connectivity index (χ3v) is 4.48. The number of carbonyl (C=O) groups excluding carboxylic acids is 2. The van der Waals surface area contributed by atoms with Crippen LogP contribution in [0.15, 0.2) is 22.7 Å². The van der Waals surface area contributed by atoms with Gasteiger partial charge in [0.1, 0.15) is 5.78 Å². The van der Waals surface area contributed by atoms with Gasteiger partial charge in [0.25, 0.3) is 0 Å². The summed E-state index contributed by atoms with van der Waals surface area (Å²) in [6.07, 6.45) is 2.53. The lowest BCUT2D eigenvalue weighted by molar-refractivity contribution is -0.136. The lowest BCUT2D eigenvalue weighted by Crippen LogP contribution is -2.34. The van der Waals surface area contributed by atoms with E-state index in [4.69, 9.17) is 0 Å². The molecule has 0 aromatic heterocycles. The molecule has 0 saturated heterocycles. The van der Waals surface area contributed by atoms with Crippen molar-refractivity contribution in [1.82, 2.24) is 4.90 Å². The summed E-state index contributed by atoms with van der Waals surface area (Å²) in [6, 6.07) is 6.12. The number of Topliss-reactive ketones (excluding diaryl/α,β-unsaturated/α-hetero) is 1. The molecular weight excluding hydrogens is 318 g/mol. The molecule has 2 rings (SSSR count). The number of rotatable bonds is 3. The van der Waals surface area contributed by atoms with Crippen molar-refractivity contribution in [1.29, 1.82) is 0 Å². The van der Waals surface area contributed by atoms with Crippen LogP contribution in [0.3, 0.4) is 0 Å². The van der Waals surface area contributed by atoms with Crippen LogP contribution in [0, 0.1) is 12.8 Å². The minimum atomic E-state index is 0.0187. The van der Waals surface area contributed by atoms with Crippen molar-refractivity contribution >= 4 is 27.6 Å². The monoisotopic (exact) mass is 337 g/mol. The number of hydrogen-bond donors (Lipinski definition) is 0. The second kappa shape index (κ2) is 6.53. The number of hydrogen-bond acceptors (Lipinski definition) is 2. The Morgan fingerprint density at radius 3 is 2.65 bits per heavy atom. The zero-order chi connectivity index (χ0) is 14.7. The molecule has 0 spiro atoms. The first-order valence-electron chi connectivity index (χ1n) is 6.99. The minimum Gasteiger partial charge on any atom is -0.341 e. The number of ketones is 1. The molecule has 1 aliphatic carbocycles. The SMILES string of the molecule is Cc1ccc(Br)cc1CN(C)C(=O)C1CCC(=O)CC1. The highest BCUT2D eigenvalue weighted by Crippen LogP contribution is 2.24. The van der Waals surface area contributed by atoms with E-state index in [1.165, 1.54) is 5.56 Å². The first kappa shape index (κ1) is 15.2. The standard InChI is InChI=1S/C16H20BrNO2/c1-11-3-6-14(17)9-13(11)10-18(2)16(20)12-4-7-15(19)8-5-12/h3,6,9,12H,4-5,7-8,10H2,1-2H3. The summed E-state index contributed by atoms with van der Waals surface area (Å²) in [7, 11) is 1.85. The second-order valence-electron chi connectivity index (χ2n) is 5.58. The smallest absolute Gasteiger partial charge is 0.225 e. The van der Waals surface area contributed by atoms with Gasteiger partial charge < -0.3 is 4.90 Å². The molecule has 1 fully saturated rings. The maximum absolute atomic E-state index is 12.4. The molecule has 108 valence electrons. The molecule has 0 heterocycles. The Bertz CT molecular complexity index is 517. The molecule has 1 aliphatic rings. The molecule has 0 atom stereocenters. The molecule has 0 radical (unpaired) electrons. The van der Waals surface area contributed by atoms with Crippen LogP contribution in [0.4, 0.5) is 0 Å². The van der Waals surface area contributed by atoms with E-state index in [0.29, 0.717) is 38.0 Å². The van der Waals surface area contributed by atoms with Gasteiger partial charge in [-0.05, 0) is 43.0 Å². The fraction of sp³-hybridized carbons (Fsp3) is 0.500. The molecule has 4 heteroatoms. The topological polar surface area (TPSA) is 37.4 Å². The van der Waals surface area contributed by atoms with Crippen LogP contribution < -0.4 is 0 Å². The number of benzene rings is 1. The van der Waals surface area contributed by atoms with Gasteiger partial charge in [0.2, 0.25) is 5.91 Å². The van der Waals surface area contributed by atoms with Crippen LogP contribution in [0.5, 0.6) is 0 Å². The predicted molar refractivity (Wildman–Crippen MR) is 82.3 cm³/mol. The maximum Gasteiger partial charge on any atom is 0.225 e. The second-order valence-corrected chi connectivity index (χ2v) is 6.49. The van der Waals surface area contributed by atoms with Gasteiger partial charge in [-0.1, -0.05) is 22.0 Å². The molecule has 0 N–H and O–H groups in total. The highest BCUT2D eigenvalue weighted by molar-refractivity contribution is 9.10. The van der Waals surface area contributed by atoms with Crippen LogP contribution >= 0.6 is 15.9 Å². The quantitative estimate of drug-likeness (QED) is 0.846. The zero-order valence-corrected chi connectivity index (χ0v) is 13.6. The first-order valence-corrected chi connectivity index (χ1v) is 7.78. The van der Waals surface area contributed by atoms with Gasteiger partial charge in [0.15, 0.2) is 0 Å². The Balaban J connectivity index is 2.00. The number of aryl methyl sites for hydroxylation is 1. The van der Waals surface area contributed by atoms with Gasteiger partial charge in [0.05, 0.1) is 0 Å². The average Bonchev–Trinajstić information content (AvgIpc) is 2.43. The first-order chi connectivity index (χ1) is 9.47. The predicted octanol–water partition coefficient (Wildman–Crippen LogP) is 3.48. The molecule has 0 aliphatic heterocycles. The lowest BCUT2D eigenvalue weighted by atomic mass is 9.87. The number of halogens is 1. The number of amides is 1. The van der Waals surface area contributed by atoms with E-state index in [1.54, 1.807) is 4.90 Å². The molecule has 1 amide bonds. The van der Waals surface area contributed by atoms with E-state index in [1.807, 2.05) is 13.1 Å². The van der Waals surface area contributed by atoms with E-state index in [0.717, 1.165) is 10.0 Å². The van der Waals surface area contributed by atoms with Crippen LogP contribution in [0.1, 0.15) is 36.8 Å². The van der Waals surface area contributed by atoms with Crippen LogP contribution in [0.2, 0.25) is 0 Å². The van der Waals surface area contributed by atoms with Crippen molar-refractivity contribution in [3.8, 4) is 0 Å². The zero-order valence-electron chi connectivity index (χ0n) is 12.0. The molecule has 0 unspecified atom stereocenters. The molecule has 3 nitrogen and oxygen atoms in total. The van der Waals surface area contributed by atoms with Gasteiger partial charge >= 0.3 is 0 Å². The maximum atomic E-state index is 12.4. The van der Waals surface area contributed by atoms with Crippen molar-refractivity contribution < 1.29 is 9.59 Å².